The number of hydrogen-bond acceptors (Lipinski definition) is 1. The van der Waals surface area contributed by atoms with Gasteiger partial charge in [0, 0.05) is 6.04 Å². The summed E-state index contributed by atoms with van der Waals surface area (Å²) in [5.74, 6) is 2.90. The molecule has 1 heteroatoms. The first-order chi connectivity index (χ1) is 8.03. The zero-order valence-corrected chi connectivity index (χ0v) is 12.3. The van der Waals surface area contributed by atoms with Crippen molar-refractivity contribution >= 4 is 0 Å². The molecule has 1 nitrogen and oxygen atoms in total. The molecule has 2 aliphatic carbocycles. The van der Waals surface area contributed by atoms with E-state index in [0.717, 1.165) is 23.2 Å². The average Bonchev–Trinajstić information content (AvgIpc) is 2.98. The fourth-order valence-electron chi connectivity index (χ4n) is 3.84. The largest absolute Gasteiger partial charge is 0.314 e. The smallest absolute Gasteiger partial charge is 0.00104 e. The number of nitrogens with one attached hydrogen (secondary N) is 1. The van der Waals surface area contributed by atoms with Crippen LogP contribution in [0, 0.1) is 23.2 Å². The molecule has 2 aliphatic rings. The van der Waals surface area contributed by atoms with Crippen LogP contribution in [0.15, 0.2) is 0 Å². The Morgan fingerprint density at radius 2 is 1.88 bits per heavy atom. The van der Waals surface area contributed by atoms with Crippen molar-refractivity contribution in [3.8, 4) is 0 Å². The van der Waals surface area contributed by atoms with Gasteiger partial charge in [-0.05, 0) is 55.4 Å². The highest BCUT2D eigenvalue weighted by Gasteiger charge is 2.53. The van der Waals surface area contributed by atoms with Crippen molar-refractivity contribution in [1.29, 1.82) is 0 Å². The third kappa shape index (κ3) is 3.24. The molecule has 2 rings (SSSR count). The van der Waals surface area contributed by atoms with Crippen molar-refractivity contribution in [1.82, 2.24) is 5.32 Å². The average molecular weight is 237 g/mol. The minimum atomic E-state index is 0.654. The van der Waals surface area contributed by atoms with Crippen LogP contribution in [0.2, 0.25) is 0 Å². The molecule has 0 aliphatic heterocycles. The first-order valence-corrected chi connectivity index (χ1v) is 7.77. The molecule has 0 heterocycles. The Labute approximate surface area is 108 Å². The van der Waals surface area contributed by atoms with Gasteiger partial charge in [-0.25, -0.2) is 0 Å². The van der Waals surface area contributed by atoms with Gasteiger partial charge in [0.1, 0.15) is 0 Å². The summed E-state index contributed by atoms with van der Waals surface area (Å²) in [6, 6.07) is 0.654. The summed E-state index contributed by atoms with van der Waals surface area (Å²) in [6.45, 7) is 10.6. The molecule has 0 bridgehead atoms. The predicted octanol–water partition coefficient (Wildman–Crippen LogP) is 4.23. The molecular formula is C16H31N. The molecule has 0 aromatic rings. The lowest BCUT2D eigenvalue weighted by atomic mass is 9.87. The standard InChI is InChI=1S/C16H31N/c1-12(2)14-6-5-8-16(9-7-14)10-15(16)11-17-13(3)4/h12-15,17H,5-11H2,1-4H3. The number of rotatable bonds is 4. The number of hydrogen-bond donors (Lipinski definition) is 1. The highest BCUT2D eigenvalue weighted by atomic mass is 14.9. The Balaban J connectivity index is 1.80. The topological polar surface area (TPSA) is 12.0 Å². The van der Waals surface area contributed by atoms with Crippen LogP contribution < -0.4 is 5.32 Å². The quantitative estimate of drug-likeness (QED) is 0.771. The molecule has 100 valence electrons. The van der Waals surface area contributed by atoms with E-state index < -0.39 is 0 Å². The monoisotopic (exact) mass is 237 g/mol. The summed E-state index contributed by atoms with van der Waals surface area (Å²) in [5.41, 5.74) is 0.769. The second-order valence-corrected chi connectivity index (χ2v) is 7.26. The molecule has 0 saturated heterocycles. The minimum Gasteiger partial charge on any atom is -0.314 e. The molecular weight excluding hydrogens is 206 g/mol. The summed E-state index contributed by atoms with van der Waals surface area (Å²) in [7, 11) is 0. The molecule has 3 atom stereocenters. The maximum atomic E-state index is 3.63. The van der Waals surface area contributed by atoms with Gasteiger partial charge >= 0.3 is 0 Å². The zero-order valence-electron chi connectivity index (χ0n) is 12.3. The van der Waals surface area contributed by atoms with E-state index >= 15 is 0 Å². The van der Waals surface area contributed by atoms with E-state index in [4.69, 9.17) is 0 Å². The van der Waals surface area contributed by atoms with Crippen LogP contribution in [0.3, 0.4) is 0 Å². The normalized spacial score (nSPS) is 37.8. The van der Waals surface area contributed by atoms with Crippen molar-refractivity contribution in [3.63, 3.8) is 0 Å². The Bertz CT molecular complexity index is 246. The lowest BCUT2D eigenvalue weighted by Crippen LogP contribution is -2.26. The van der Waals surface area contributed by atoms with E-state index in [2.05, 4.69) is 33.0 Å². The van der Waals surface area contributed by atoms with Crippen molar-refractivity contribution in [2.75, 3.05) is 6.54 Å². The maximum Gasteiger partial charge on any atom is 0.00104 e. The highest BCUT2D eigenvalue weighted by molar-refractivity contribution is 5.04. The van der Waals surface area contributed by atoms with E-state index in [1.54, 1.807) is 0 Å². The second-order valence-electron chi connectivity index (χ2n) is 7.26. The minimum absolute atomic E-state index is 0.654. The van der Waals surface area contributed by atoms with Gasteiger partial charge in [0.2, 0.25) is 0 Å². The lowest BCUT2D eigenvalue weighted by molar-refractivity contribution is 0.325. The van der Waals surface area contributed by atoms with Crippen LogP contribution in [-0.4, -0.2) is 12.6 Å². The molecule has 0 amide bonds. The van der Waals surface area contributed by atoms with Crippen LogP contribution in [-0.2, 0) is 0 Å². The fraction of sp³-hybridized carbons (Fsp3) is 1.00. The van der Waals surface area contributed by atoms with E-state index in [0.29, 0.717) is 6.04 Å². The van der Waals surface area contributed by atoms with Crippen LogP contribution in [0.4, 0.5) is 0 Å². The molecule has 0 radical (unpaired) electrons. The van der Waals surface area contributed by atoms with Crippen LogP contribution in [0.1, 0.15) is 66.2 Å². The van der Waals surface area contributed by atoms with Crippen molar-refractivity contribution < 1.29 is 0 Å². The van der Waals surface area contributed by atoms with Crippen LogP contribution in [0.5, 0.6) is 0 Å². The van der Waals surface area contributed by atoms with Gasteiger partial charge in [0.15, 0.2) is 0 Å². The van der Waals surface area contributed by atoms with Gasteiger partial charge in [0.05, 0.1) is 0 Å². The Morgan fingerprint density at radius 1 is 1.12 bits per heavy atom. The Kier molecular flexibility index (Phi) is 4.18. The molecule has 17 heavy (non-hydrogen) atoms. The fourth-order valence-corrected chi connectivity index (χ4v) is 3.84. The highest BCUT2D eigenvalue weighted by Crippen LogP contribution is 2.61. The second kappa shape index (κ2) is 5.30. The molecule has 2 fully saturated rings. The van der Waals surface area contributed by atoms with Gasteiger partial charge < -0.3 is 5.32 Å². The van der Waals surface area contributed by atoms with Gasteiger partial charge in [-0.1, -0.05) is 40.5 Å². The summed E-state index contributed by atoms with van der Waals surface area (Å²) in [6.07, 6.45) is 9.01. The third-order valence-corrected chi connectivity index (χ3v) is 5.34. The summed E-state index contributed by atoms with van der Waals surface area (Å²) in [5, 5.41) is 3.63. The van der Waals surface area contributed by atoms with Crippen molar-refractivity contribution in [2.45, 2.75) is 72.3 Å². The predicted molar refractivity (Wildman–Crippen MR) is 75.1 cm³/mol. The van der Waals surface area contributed by atoms with Crippen LogP contribution >= 0.6 is 0 Å². The summed E-state index contributed by atoms with van der Waals surface area (Å²) >= 11 is 0. The molecule has 1 spiro atoms. The van der Waals surface area contributed by atoms with Crippen molar-refractivity contribution in [3.05, 3.63) is 0 Å². The van der Waals surface area contributed by atoms with E-state index in [1.807, 2.05) is 0 Å². The third-order valence-electron chi connectivity index (χ3n) is 5.34. The molecule has 3 unspecified atom stereocenters. The van der Waals surface area contributed by atoms with Gasteiger partial charge in [-0.2, -0.15) is 0 Å². The zero-order chi connectivity index (χ0) is 12.5. The van der Waals surface area contributed by atoms with Gasteiger partial charge in [0.25, 0.3) is 0 Å². The van der Waals surface area contributed by atoms with Crippen LogP contribution in [0.25, 0.3) is 0 Å². The molecule has 0 aromatic heterocycles. The Hall–Kier alpha value is -0.0400. The first kappa shape index (κ1) is 13.4. The van der Waals surface area contributed by atoms with Gasteiger partial charge in [-0.15, -0.1) is 0 Å². The van der Waals surface area contributed by atoms with Gasteiger partial charge in [-0.3, -0.25) is 0 Å². The summed E-state index contributed by atoms with van der Waals surface area (Å²) < 4.78 is 0. The first-order valence-electron chi connectivity index (χ1n) is 7.77. The molecule has 0 aromatic carbocycles. The lowest BCUT2D eigenvalue weighted by Gasteiger charge is -2.19. The van der Waals surface area contributed by atoms with E-state index in [-0.39, 0.29) is 0 Å². The van der Waals surface area contributed by atoms with E-state index in [1.165, 1.54) is 45.1 Å². The summed E-state index contributed by atoms with van der Waals surface area (Å²) in [4.78, 5) is 0. The molecule has 2 saturated carbocycles. The SMILES string of the molecule is CC(C)NCC1CC12CCCC(C(C)C)CC2. The Morgan fingerprint density at radius 3 is 2.53 bits per heavy atom. The van der Waals surface area contributed by atoms with E-state index in [9.17, 15) is 0 Å². The maximum absolute atomic E-state index is 3.63. The molecule has 1 N–H and O–H groups in total. The van der Waals surface area contributed by atoms with Crippen molar-refractivity contribution in [2.24, 2.45) is 23.2 Å².